The van der Waals surface area contributed by atoms with Crippen molar-refractivity contribution in [3.63, 3.8) is 0 Å². The zero-order valence-corrected chi connectivity index (χ0v) is 9.34. The molecule has 14 heavy (non-hydrogen) atoms. The number of likely N-dealkylation sites (N-methyl/N-ethyl adjacent to an activating group) is 1. The van der Waals surface area contributed by atoms with E-state index in [2.05, 4.69) is 16.8 Å². The third-order valence-electron chi connectivity index (χ3n) is 3.79. The summed E-state index contributed by atoms with van der Waals surface area (Å²) in [5.41, 5.74) is 6.28. The van der Waals surface area contributed by atoms with Gasteiger partial charge in [-0.05, 0) is 38.3 Å². The molecule has 3 heteroatoms. The van der Waals surface area contributed by atoms with Crippen molar-refractivity contribution in [2.75, 3.05) is 46.3 Å². The lowest BCUT2D eigenvalue weighted by Gasteiger charge is -2.34. The summed E-state index contributed by atoms with van der Waals surface area (Å²) in [5, 5.41) is 0. The molecule has 2 aliphatic rings. The van der Waals surface area contributed by atoms with E-state index in [1.807, 2.05) is 0 Å². The monoisotopic (exact) mass is 197 g/mol. The highest BCUT2D eigenvalue weighted by Gasteiger charge is 2.42. The zero-order chi connectivity index (χ0) is 10.0. The first-order chi connectivity index (χ1) is 6.74. The van der Waals surface area contributed by atoms with E-state index in [0.717, 1.165) is 6.54 Å². The van der Waals surface area contributed by atoms with Gasteiger partial charge in [-0.3, -0.25) is 0 Å². The highest BCUT2D eigenvalue weighted by atomic mass is 15.2. The van der Waals surface area contributed by atoms with Crippen LogP contribution >= 0.6 is 0 Å². The van der Waals surface area contributed by atoms with Gasteiger partial charge in [-0.1, -0.05) is 0 Å². The molecule has 0 aromatic rings. The molecule has 3 nitrogen and oxygen atoms in total. The Morgan fingerprint density at radius 1 is 1.14 bits per heavy atom. The van der Waals surface area contributed by atoms with Crippen LogP contribution < -0.4 is 5.73 Å². The molecule has 0 atom stereocenters. The minimum Gasteiger partial charge on any atom is -0.330 e. The molecule has 2 rings (SSSR count). The molecule has 2 N–H and O–H groups in total. The van der Waals surface area contributed by atoms with E-state index in [9.17, 15) is 0 Å². The minimum absolute atomic E-state index is 0.630. The lowest BCUT2D eigenvalue weighted by atomic mass is 10.0. The van der Waals surface area contributed by atoms with Crippen LogP contribution in [0.3, 0.4) is 0 Å². The van der Waals surface area contributed by atoms with E-state index in [1.54, 1.807) is 0 Å². The summed E-state index contributed by atoms with van der Waals surface area (Å²) in [4.78, 5) is 5.04. The Bertz CT molecular complexity index is 181. The Hall–Kier alpha value is -0.120. The van der Waals surface area contributed by atoms with Crippen LogP contribution in [0, 0.1) is 5.41 Å². The number of piperazine rings is 1. The maximum atomic E-state index is 5.66. The largest absolute Gasteiger partial charge is 0.330 e. The molecule has 0 bridgehead atoms. The lowest BCUT2D eigenvalue weighted by molar-refractivity contribution is 0.128. The molecule has 1 heterocycles. The van der Waals surface area contributed by atoms with Gasteiger partial charge in [0.2, 0.25) is 0 Å². The van der Waals surface area contributed by atoms with Gasteiger partial charge in [0.1, 0.15) is 0 Å². The topological polar surface area (TPSA) is 32.5 Å². The Morgan fingerprint density at radius 3 is 2.29 bits per heavy atom. The van der Waals surface area contributed by atoms with E-state index in [4.69, 9.17) is 5.73 Å². The average molecular weight is 197 g/mol. The van der Waals surface area contributed by atoms with Gasteiger partial charge >= 0.3 is 0 Å². The van der Waals surface area contributed by atoms with Gasteiger partial charge in [-0.25, -0.2) is 0 Å². The Balaban J connectivity index is 1.75. The second-order valence-electron chi connectivity index (χ2n) is 5.12. The minimum atomic E-state index is 0.630. The predicted octanol–water partition coefficient (Wildman–Crippen LogP) is 0.363. The van der Waals surface area contributed by atoms with Gasteiger partial charge in [0, 0.05) is 32.7 Å². The predicted molar refractivity (Wildman–Crippen MR) is 59.3 cm³/mol. The molecule has 0 aromatic carbocycles. The van der Waals surface area contributed by atoms with Crippen LogP contribution in [0.25, 0.3) is 0 Å². The zero-order valence-electron chi connectivity index (χ0n) is 9.34. The quantitative estimate of drug-likeness (QED) is 0.706. The van der Waals surface area contributed by atoms with Crippen molar-refractivity contribution in [3.05, 3.63) is 0 Å². The molecule has 82 valence electrons. The van der Waals surface area contributed by atoms with E-state index >= 15 is 0 Å². The smallest absolute Gasteiger partial charge is 0.0110 e. The first-order valence-corrected chi connectivity index (χ1v) is 5.85. The molecular formula is C11H23N3. The highest BCUT2D eigenvalue weighted by Crippen LogP contribution is 2.49. The van der Waals surface area contributed by atoms with E-state index < -0.39 is 0 Å². The van der Waals surface area contributed by atoms with Crippen molar-refractivity contribution in [2.45, 2.75) is 19.3 Å². The van der Waals surface area contributed by atoms with Gasteiger partial charge in [0.25, 0.3) is 0 Å². The fourth-order valence-electron chi connectivity index (χ4n) is 2.45. The van der Waals surface area contributed by atoms with Crippen molar-refractivity contribution in [3.8, 4) is 0 Å². The summed E-state index contributed by atoms with van der Waals surface area (Å²) in [6.07, 6.45) is 4.06. The SMILES string of the molecule is CN1CCN(CC2(CCN)CC2)CC1. The summed E-state index contributed by atoms with van der Waals surface area (Å²) >= 11 is 0. The second-order valence-corrected chi connectivity index (χ2v) is 5.12. The van der Waals surface area contributed by atoms with Gasteiger partial charge in [0.05, 0.1) is 0 Å². The Kier molecular flexibility index (Phi) is 3.10. The first kappa shape index (κ1) is 10.4. The summed E-state index contributed by atoms with van der Waals surface area (Å²) in [6.45, 7) is 7.15. The highest BCUT2D eigenvalue weighted by molar-refractivity contribution is 4.96. The summed E-state index contributed by atoms with van der Waals surface area (Å²) in [5.74, 6) is 0. The molecule has 0 radical (unpaired) electrons. The molecule has 0 amide bonds. The lowest BCUT2D eigenvalue weighted by Crippen LogP contribution is -2.46. The van der Waals surface area contributed by atoms with Crippen LogP contribution in [-0.4, -0.2) is 56.1 Å². The van der Waals surface area contributed by atoms with Gasteiger partial charge < -0.3 is 15.5 Å². The number of rotatable bonds is 4. The van der Waals surface area contributed by atoms with E-state index in [0.29, 0.717) is 5.41 Å². The van der Waals surface area contributed by atoms with E-state index in [-0.39, 0.29) is 0 Å². The van der Waals surface area contributed by atoms with Crippen LogP contribution in [-0.2, 0) is 0 Å². The summed E-state index contributed by atoms with van der Waals surface area (Å²) < 4.78 is 0. The normalized spacial score (nSPS) is 27.9. The molecule has 1 saturated carbocycles. The van der Waals surface area contributed by atoms with Crippen LogP contribution in [0.15, 0.2) is 0 Å². The molecule has 0 unspecified atom stereocenters. The standard InChI is InChI=1S/C11H23N3/c1-13-6-8-14(9-7-13)10-11(2-3-11)4-5-12/h2-10,12H2,1H3. The molecular weight excluding hydrogens is 174 g/mol. The third kappa shape index (κ3) is 2.47. The summed E-state index contributed by atoms with van der Waals surface area (Å²) in [7, 11) is 2.21. The van der Waals surface area contributed by atoms with Gasteiger partial charge in [-0.2, -0.15) is 0 Å². The van der Waals surface area contributed by atoms with Crippen LogP contribution in [0.1, 0.15) is 19.3 Å². The molecule has 1 aliphatic heterocycles. The van der Waals surface area contributed by atoms with Crippen LogP contribution in [0.5, 0.6) is 0 Å². The maximum absolute atomic E-state index is 5.66. The van der Waals surface area contributed by atoms with Crippen molar-refractivity contribution in [1.82, 2.24) is 9.80 Å². The third-order valence-corrected chi connectivity index (χ3v) is 3.79. The summed E-state index contributed by atoms with van der Waals surface area (Å²) in [6, 6.07) is 0. The average Bonchev–Trinajstić information content (AvgIpc) is 2.90. The maximum Gasteiger partial charge on any atom is 0.0110 e. The van der Waals surface area contributed by atoms with Crippen LogP contribution in [0.4, 0.5) is 0 Å². The number of nitrogens with zero attached hydrogens (tertiary/aromatic N) is 2. The Morgan fingerprint density at radius 2 is 1.79 bits per heavy atom. The van der Waals surface area contributed by atoms with Crippen molar-refractivity contribution in [2.24, 2.45) is 11.1 Å². The van der Waals surface area contributed by atoms with E-state index in [1.165, 1.54) is 52.0 Å². The number of nitrogens with two attached hydrogens (primary N) is 1. The number of hydrogen-bond acceptors (Lipinski definition) is 3. The van der Waals surface area contributed by atoms with Crippen LogP contribution in [0.2, 0.25) is 0 Å². The Labute approximate surface area is 87.2 Å². The molecule has 1 aliphatic carbocycles. The number of hydrogen-bond donors (Lipinski definition) is 1. The fraction of sp³-hybridized carbons (Fsp3) is 1.00. The molecule has 1 saturated heterocycles. The fourth-order valence-corrected chi connectivity index (χ4v) is 2.45. The van der Waals surface area contributed by atoms with Crippen molar-refractivity contribution >= 4 is 0 Å². The first-order valence-electron chi connectivity index (χ1n) is 5.85. The van der Waals surface area contributed by atoms with Crippen molar-refractivity contribution in [1.29, 1.82) is 0 Å². The molecule has 0 aromatic heterocycles. The van der Waals surface area contributed by atoms with Crippen molar-refractivity contribution < 1.29 is 0 Å². The molecule has 0 spiro atoms. The van der Waals surface area contributed by atoms with Gasteiger partial charge in [-0.15, -0.1) is 0 Å². The second kappa shape index (κ2) is 4.17. The van der Waals surface area contributed by atoms with Gasteiger partial charge in [0.15, 0.2) is 0 Å². The molecule has 2 fully saturated rings.